The van der Waals surface area contributed by atoms with Crippen molar-refractivity contribution >= 4 is 25.8 Å². The summed E-state index contributed by atoms with van der Waals surface area (Å²) < 4.78 is 43.2. The van der Waals surface area contributed by atoms with E-state index in [-0.39, 0.29) is 10.6 Å². The van der Waals surface area contributed by atoms with Gasteiger partial charge in [0.25, 0.3) is 0 Å². The maximum Gasteiger partial charge on any atom is 0.364 e. The fourth-order valence-corrected chi connectivity index (χ4v) is 3.87. The van der Waals surface area contributed by atoms with Crippen LogP contribution >= 0.6 is 15.2 Å². The second kappa shape index (κ2) is 6.26. The maximum atomic E-state index is 12.2. The molecule has 0 bridgehead atoms. The Morgan fingerprint density at radius 1 is 0.750 bits per heavy atom. The van der Waals surface area contributed by atoms with E-state index in [1.54, 1.807) is 0 Å². The first kappa shape index (κ1) is 17.2. The Bertz CT molecular complexity index is 517. The molecule has 0 atom stereocenters. The summed E-state index contributed by atoms with van der Waals surface area (Å²) in [5.74, 6) is -1.06. The van der Waals surface area contributed by atoms with Crippen LogP contribution in [0.2, 0.25) is 0 Å². The third-order valence-corrected chi connectivity index (χ3v) is 6.44. The molecule has 0 amide bonds. The van der Waals surface area contributed by atoms with Gasteiger partial charge in [-0.2, -0.15) is 0 Å². The number of hydrogen-bond donors (Lipinski definition) is 2. The zero-order valence-corrected chi connectivity index (χ0v) is 13.2. The van der Waals surface area contributed by atoms with Gasteiger partial charge in [0.05, 0.1) is 0 Å². The molecule has 2 N–H and O–H groups in total. The van der Waals surface area contributed by atoms with Gasteiger partial charge in [-0.1, -0.05) is 0 Å². The van der Waals surface area contributed by atoms with Gasteiger partial charge in [0.15, 0.2) is 0 Å². The second-order valence-corrected chi connectivity index (χ2v) is 7.97. The molecule has 8 nitrogen and oxygen atoms in total. The van der Waals surface area contributed by atoms with E-state index in [9.17, 15) is 19.3 Å². The first-order valence-corrected chi connectivity index (χ1v) is 8.36. The van der Waals surface area contributed by atoms with E-state index in [0.717, 1.165) is 40.6 Å². The summed E-state index contributed by atoms with van der Waals surface area (Å²) in [7, 11) is -3.02. The van der Waals surface area contributed by atoms with E-state index in [4.69, 9.17) is 18.1 Å². The Kier molecular flexibility index (Phi) is 5.38. The summed E-state index contributed by atoms with van der Waals surface area (Å²) in [5, 5.41) is 19.3. The highest BCUT2D eigenvalue weighted by Gasteiger charge is 2.34. The molecule has 0 saturated heterocycles. The number of benzene rings is 1. The topological polar surface area (TPSA) is 112 Å². The van der Waals surface area contributed by atoms with Gasteiger partial charge in [0.2, 0.25) is 0 Å². The molecule has 0 aliphatic heterocycles. The van der Waals surface area contributed by atoms with Crippen LogP contribution in [0.1, 0.15) is 0 Å². The lowest BCUT2D eigenvalue weighted by Crippen LogP contribution is -2.15. The summed E-state index contributed by atoms with van der Waals surface area (Å²) in [4.78, 5) is 0. The molecular weight excluding hydrogens is 310 g/mol. The van der Waals surface area contributed by atoms with Crippen LogP contribution in [-0.2, 0) is 27.2 Å². The van der Waals surface area contributed by atoms with E-state index >= 15 is 0 Å². The Labute approximate surface area is 116 Å². The molecule has 1 aromatic carbocycles. The molecule has 1 aromatic rings. The highest BCUT2D eigenvalue weighted by molar-refractivity contribution is 7.63. The minimum atomic E-state index is -3.77. The Morgan fingerprint density at radius 2 is 1.00 bits per heavy atom. The summed E-state index contributed by atoms with van der Waals surface area (Å²) in [6.07, 6.45) is 0. The largest absolute Gasteiger partial charge is 0.507 e. The summed E-state index contributed by atoms with van der Waals surface area (Å²) in [6.45, 7) is 0. The fourth-order valence-electron chi connectivity index (χ4n) is 1.54. The van der Waals surface area contributed by atoms with Crippen molar-refractivity contribution in [2.45, 2.75) is 0 Å². The Hall–Kier alpha value is -0.880. The van der Waals surface area contributed by atoms with Gasteiger partial charge in [-0.3, -0.25) is 9.13 Å². The van der Waals surface area contributed by atoms with Gasteiger partial charge >= 0.3 is 15.2 Å². The molecule has 0 aromatic heterocycles. The molecule has 0 spiro atoms. The fraction of sp³-hybridized carbons (Fsp3) is 0.400. The zero-order chi connectivity index (χ0) is 15.6. The van der Waals surface area contributed by atoms with Crippen LogP contribution in [0, 0.1) is 0 Å². The van der Waals surface area contributed by atoms with Crippen LogP contribution in [0.3, 0.4) is 0 Å². The van der Waals surface area contributed by atoms with E-state index < -0.39 is 26.7 Å². The Morgan fingerprint density at radius 3 is 1.20 bits per heavy atom. The lowest BCUT2D eigenvalue weighted by atomic mass is 10.3. The van der Waals surface area contributed by atoms with Crippen LogP contribution in [0.4, 0.5) is 0 Å². The molecule has 0 aliphatic rings. The van der Waals surface area contributed by atoms with Crippen molar-refractivity contribution in [3.63, 3.8) is 0 Å². The standard InChI is InChI=1S/C10H16O8P2/c1-15-19(13,16-2)9-5-8(12)10(6-7(9)11)20(14,17-3)18-4/h5-6,11-12H,1-4H3. The molecule has 0 heterocycles. The van der Waals surface area contributed by atoms with E-state index in [2.05, 4.69) is 0 Å². The molecule has 0 radical (unpaired) electrons. The van der Waals surface area contributed by atoms with Crippen molar-refractivity contribution in [1.29, 1.82) is 0 Å². The SMILES string of the molecule is COP(=O)(OC)c1cc(O)c(P(=O)(OC)OC)cc1O. The van der Waals surface area contributed by atoms with E-state index in [1.807, 2.05) is 0 Å². The molecule has 0 fully saturated rings. The smallest absolute Gasteiger partial charge is 0.364 e. The van der Waals surface area contributed by atoms with Crippen LogP contribution in [0.15, 0.2) is 12.1 Å². The summed E-state index contributed by atoms with van der Waals surface area (Å²) in [6, 6.07) is 1.87. The van der Waals surface area contributed by atoms with Crippen molar-refractivity contribution in [3.8, 4) is 11.5 Å². The number of hydrogen-bond acceptors (Lipinski definition) is 8. The number of phenols is 2. The van der Waals surface area contributed by atoms with Gasteiger partial charge < -0.3 is 28.3 Å². The normalized spacial score (nSPS) is 12.6. The van der Waals surface area contributed by atoms with Crippen LogP contribution < -0.4 is 10.6 Å². The van der Waals surface area contributed by atoms with Crippen LogP contribution in [-0.4, -0.2) is 38.7 Å². The molecular formula is C10H16O8P2. The molecule has 0 aliphatic carbocycles. The highest BCUT2D eigenvalue weighted by Crippen LogP contribution is 2.51. The molecule has 1 rings (SSSR count). The van der Waals surface area contributed by atoms with Crippen molar-refractivity contribution in [1.82, 2.24) is 0 Å². The minimum absolute atomic E-state index is 0.262. The predicted octanol–water partition coefficient (Wildman–Crippen LogP) is 1.32. The zero-order valence-electron chi connectivity index (χ0n) is 11.4. The molecule has 0 saturated carbocycles. The first-order chi connectivity index (χ1) is 9.27. The van der Waals surface area contributed by atoms with Crippen molar-refractivity contribution in [3.05, 3.63) is 12.1 Å². The third-order valence-electron chi connectivity index (χ3n) is 2.62. The van der Waals surface area contributed by atoms with Gasteiger partial charge in [-0.15, -0.1) is 0 Å². The van der Waals surface area contributed by atoms with Crippen molar-refractivity contribution < 1.29 is 37.4 Å². The van der Waals surface area contributed by atoms with E-state index in [1.165, 1.54) is 0 Å². The molecule has 10 heteroatoms. The van der Waals surface area contributed by atoms with Crippen LogP contribution in [0.25, 0.3) is 0 Å². The number of rotatable bonds is 6. The lowest BCUT2D eigenvalue weighted by Gasteiger charge is -2.19. The lowest BCUT2D eigenvalue weighted by molar-refractivity contribution is 0.284. The Balaban J connectivity index is 3.51. The predicted molar refractivity (Wildman–Crippen MR) is 72.3 cm³/mol. The monoisotopic (exact) mass is 326 g/mol. The number of aromatic hydroxyl groups is 2. The van der Waals surface area contributed by atoms with Gasteiger partial charge in [0, 0.05) is 28.4 Å². The molecule has 0 unspecified atom stereocenters. The average molecular weight is 326 g/mol. The third kappa shape index (κ3) is 2.91. The average Bonchev–Trinajstić information content (AvgIpc) is 2.47. The maximum absolute atomic E-state index is 12.2. The molecule has 114 valence electrons. The highest BCUT2D eigenvalue weighted by atomic mass is 31.2. The molecule has 20 heavy (non-hydrogen) atoms. The van der Waals surface area contributed by atoms with Crippen LogP contribution in [0.5, 0.6) is 11.5 Å². The van der Waals surface area contributed by atoms with Gasteiger partial charge in [-0.05, 0) is 12.1 Å². The second-order valence-electron chi connectivity index (χ2n) is 3.55. The van der Waals surface area contributed by atoms with Crippen molar-refractivity contribution in [2.75, 3.05) is 28.4 Å². The summed E-state index contributed by atoms with van der Waals surface area (Å²) in [5.41, 5.74) is 0. The first-order valence-electron chi connectivity index (χ1n) is 5.28. The quantitative estimate of drug-likeness (QED) is 0.595. The van der Waals surface area contributed by atoms with Gasteiger partial charge in [-0.25, -0.2) is 0 Å². The van der Waals surface area contributed by atoms with Crippen molar-refractivity contribution in [2.24, 2.45) is 0 Å². The van der Waals surface area contributed by atoms with Gasteiger partial charge in [0.1, 0.15) is 22.1 Å². The minimum Gasteiger partial charge on any atom is -0.507 e. The number of phenolic OH excluding ortho intramolecular Hbond substituents is 2. The summed E-state index contributed by atoms with van der Waals surface area (Å²) >= 11 is 0. The van der Waals surface area contributed by atoms with E-state index in [0.29, 0.717) is 0 Å².